The van der Waals surface area contributed by atoms with Crippen molar-refractivity contribution in [3.05, 3.63) is 41.0 Å². The summed E-state index contributed by atoms with van der Waals surface area (Å²) in [6, 6.07) is 9.44. The van der Waals surface area contributed by atoms with Gasteiger partial charge in [-0.05, 0) is 43.7 Å². The summed E-state index contributed by atoms with van der Waals surface area (Å²) >= 11 is 5.89. The van der Waals surface area contributed by atoms with Gasteiger partial charge in [-0.1, -0.05) is 16.8 Å². The lowest BCUT2D eigenvalue weighted by Gasteiger charge is -2.32. The van der Waals surface area contributed by atoms with Crippen molar-refractivity contribution < 1.29 is 14.4 Å². The Bertz CT molecular complexity index is 679. The molecule has 1 N–H and O–H groups in total. The molecule has 2 heterocycles. The zero-order chi connectivity index (χ0) is 16.9. The summed E-state index contributed by atoms with van der Waals surface area (Å²) in [6.07, 6.45) is 0.989. The largest absolute Gasteiger partial charge is 0.465 e. The second kappa shape index (κ2) is 7.68. The van der Waals surface area contributed by atoms with Gasteiger partial charge >= 0.3 is 6.09 Å². The molecule has 0 radical (unpaired) electrons. The van der Waals surface area contributed by atoms with Crippen molar-refractivity contribution in [3.63, 3.8) is 0 Å². The Kier molecular flexibility index (Phi) is 5.37. The third kappa shape index (κ3) is 4.27. The summed E-state index contributed by atoms with van der Waals surface area (Å²) in [4.78, 5) is 14.6. The summed E-state index contributed by atoms with van der Waals surface area (Å²) < 4.78 is 5.39. The van der Waals surface area contributed by atoms with Crippen molar-refractivity contribution in [2.45, 2.75) is 12.8 Å². The molecule has 7 heteroatoms. The van der Waals surface area contributed by atoms with E-state index in [2.05, 4.69) is 10.1 Å². The molecule has 1 fully saturated rings. The maximum absolute atomic E-state index is 10.9. The quantitative estimate of drug-likeness (QED) is 0.897. The number of halogens is 1. The number of aryl methyl sites for hydroxylation is 1. The third-order valence-electron chi connectivity index (χ3n) is 4.24. The minimum Gasteiger partial charge on any atom is -0.465 e. The van der Waals surface area contributed by atoms with Crippen LogP contribution < -0.4 is 0 Å². The van der Waals surface area contributed by atoms with Gasteiger partial charge in [-0.15, -0.1) is 0 Å². The molecule has 2 aromatic rings. The van der Waals surface area contributed by atoms with Gasteiger partial charge in [0.15, 0.2) is 5.76 Å². The van der Waals surface area contributed by atoms with Gasteiger partial charge < -0.3 is 14.5 Å². The number of rotatable bonds is 5. The number of aromatic nitrogens is 1. The highest BCUT2D eigenvalue weighted by molar-refractivity contribution is 6.30. The smallest absolute Gasteiger partial charge is 0.407 e. The lowest BCUT2D eigenvalue weighted by molar-refractivity contribution is 0.105. The molecule has 1 amide bonds. The Labute approximate surface area is 145 Å². The number of carboxylic acid groups (broad SMARTS) is 1. The van der Waals surface area contributed by atoms with Crippen molar-refractivity contribution in [3.8, 4) is 11.3 Å². The summed E-state index contributed by atoms with van der Waals surface area (Å²) in [6.45, 7) is 3.69. The maximum Gasteiger partial charge on any atom is 0.407 e. The van der Waals surface area contributed by atoms with E-state index in [4.69, 9.17) is 21.2 Å². The number of nitrogens with zero attached hydrogens (tertiary/aromatic N) is 3. The topological polar surface area (TPSA) is 69.8 Å². The Balaban J connectivity index is 1.45. The number of amides is 1. The van der Waals surface area contributed by atoms with Crippen molar-refractivity contribution in [2.75, 3.05) is 32.7 Å². The lowest BCUT2D eigenvalue weighted by Crippen LogP contribution is -2.48. The molecule has 24 heavy (non-hydrogen) atoms. The normalized spacial score (nSPS) is 15.6. The van der Waals surface area contributed by atoms with Crippen LogP contribution in [0.5, 0.6) is 0 Å². The van der Waals surface area contributed by atoms with Crippen LogP contribution in [-0.4, -0.2) is 58.9 Å². The summed E-state index contributed by atoms with van der Waals surface area (Å²) in [5.41, 5.74) is 1.90. The lowest BCUT2D eigenvalue weighted by atomic mass is 10.1. The first-order valence-electron chi connectivity index (χ1n) is 8.03. The van der Waals surface area contributed by atoms with Crippen LogP contribution in [0, 0.1) is 0 Å². The van der Waals surface area contributed by atoms with Gasteiger partial charge in [-0.3, -0.25) is 4.90 Å². The predicted octanol–water partition coefficient (Wildman–Crippen LogP) is 3.22. The second-order valence-corrected chi connectivity index (χ2v) is 6.34. The minimum atomic E-state index is -0.827. The highest BCUT2D eigenvalue weighted by atomic mass is 35.5. The number of hydrogen-bond acceptors (Lipinski definition) is 4. The summed E-state index contributed by atoms with van der Waals surface area (Å²) in [5.74, 6) is 0.747. The number of benzene rings is 1. The molecule has 1 aromatic heterocycles. The van der Waals surface area contributed by atoms with Gasteiger partial charge in [-0.2, -0.15) is 0 Å². The van der Waals surface area contributed by atoms with Gasteiger partial charge in [0.25, 0.3) is 0 Å². The Hall–Kier alpha value is -2.05. The monoisotopic (exact) mass is 349 g/mol. The van der Waals surface area contributed by atoms with Crippen LogP contribution in [0.25, 0.3) is 11.3 Å². The predicted molar refractivity (Wildman–Crippen MR) is 91.3 cm³/mol. The van der Waals surface area contributed by atoms with E-state index in [1.165, 1.54) is 4.90 Å². The zero-order valence-corrected chi connectivity index (χ0v) is 14.1. The fourth-order valence-electron chi connectivity index (χ4n) is 2.83. The number of carbonyl (C=O) groups is 1. The molecule has 1 saturated heterocycles. The molecule has 0 atom stereocenters. The Morgan fingerprint density at radius 1 is 1.21 bits per heavy atom. The minimum absolute atomic E-state index is 0.583. The zero-order valence-electron chi connectivity index (χ0n) is 13.3. The van der Waals surface area contributed by atoms with Crippen LogP contribution in [0.2, 0.25) is 5.02 Å². The van der Waals surface area contributed by atoms with Crippen LogP contribution >= 0.6 is 11.6 Å². The van der Waals surface area contributed by atoms with Crippen LogP contribution in [0.1, 0.15) is 12.1 Å². The molecule has 0 saturated carbocycles. The highest BCUT2D eigenvalue weighted by Gasteiger charge is 2.19. The Morgan fingerprint density at radius 3 is 2.58 bits per heavy atom. The standard InChI is InChI=1S/C17H20ClN3O3/c18-14-5-3-13(4-6-14)16-12-15(19-24-16)2-1-7-20-8-10-21(11-9-20)17(22)23/h3-6,12H,1-2,7-11H2,(H,22,23). The van der Waals surface area contributed by atoms with Gasteiger partial charge in [0.2, 0.25) is 0 Å². The molecule has 6 nitrogen and oxygen atoms in total. The van der Waals surface area contributed by atoms with Gasteiger partial charge in [0, 0.05) is 42.8 Å². The SMILES string of the molecule is O=C(O)N1CCN(CCCc2cc(-c3ccc(Cl)cc3)on2)CC1. The van der Waals surface area contributed by atoms with Crippen molar-refractivity contribution >= 4 is 17.7 Å². The van der Waals surface area contributed by atoms with Gasteiger partial charge in [0.1, 0.15) is 0 Å². The first kappa shape index (κ1) is 16.8. The van der Waals surface area contributed by atoms with E-state index >= 15 is 0 Å². The van der Waals surface area contributed by atoms with Crippen LogP contribution in [0.4, 0.5) is 4.79 Å². The fourth-order valence-corrected chi connectivity index (χ4v) is 2.95. The summed E-state index contributed by atoms with van der Waals surface area (Å²) in [7, 11) is 0. The van der Waals surface area contributed by atoms with E-state index in [9.17, 15) is 4.79 Å². The average molecular weight is 350 g/mol. The van der Waals surface area contributed by atoms with Crippen LogP contribution in [0.15, 0.2) is 34.9 Å². The fraction of sp³-hybridized carbons (Fsp3) is 0.412. The molecule has 1 aliphatic heterocycles. The van der Waals surface area contributed by atoms with E-state index in [0.29, 0.717) is 18.1 Å². The van der Waals surface area contributed by atoms with Gasteiger partial charge in [-0.25, -0.2) is 4.79 Å². The molecule has 0 bridgehead atoms. The molecule has 1 aliphatic rings. The van der Waals surface area contributed by atoms with E-state index in [-0.39, 0.29) is 0 Å². The molecule has 1 aromatic carbocycles. The molecule has 128 valence electrons. The van der Waals surface area contributed by atoms with Crippen LogP contribution in [-0.2, 0) is 6.42 Å². The van der Waals surface area contributed by atoms with Crippen molar-refractivity contribution in [2.24, 2.45) is 0 Å². The average Bonchev–Trinajstić information content (AvgIpc) is 3.05. The molecule has 3 rings (SSSR count). The molecule has 0 aliphatic carbocycles. The van der Waals surface area contributed by atoms with E-state index in [1.54, 1.807) is 0 Å². The van der Waals surface area contributed by atoms with E-state index in [1.807, 2.05) is 30.3 Å². The van der Waals surface area contributed by atoms with Crippen LogP contribution in [0.3, 0.4) is 0 Å². The second-order valence-electron chi connectivity index (χ2n) is 5.90. The highest BCUT2D eigenvalue weighted by Crippen LogP contribution is 2.22. The molecular formula is C17H20ClN3O3. The van der Waals surface area contributed by atoms with Crippen molar-refractivity contribution in [1.82, 2.24) is 15.0 Å². The molecular weight excluding hydrogens is 330 g/mol. The van der Waals surface area contributed by atoms with E-state index < -0.39 is 6.09 Å². The summed E-state index contributed by atoms with van der Waals surface area (Å²) in [5, 5.41) is 13.8. The Morgan fingerprint density at radius 2 is 1.92 bits per heavy atom. The maximum atomic E-state index is 10.9. The first-order chi connectivity index (χ1) is 11.6. The molecule has 0 unspecified atom stereocenters. The van der Waals surface area contributed by atoms with Crippen molar-refractivity contribution in [1.29, 1.82) is 0 Å². The number of hydrogen-bond donors (Lipinski definition) is 1. The third-order valence-corrected chi connectivity index (χ3v) is 4.49. The number of piperazine rings is 1. The van der Waals surface area contributed by atoms with Gasteiger partial charge in [0.05, 0.1) is 5.69 Å². The first-order valence-corrected chi connectivity index (χ1v) is 8.41. The molecule has 0 spiro atoms. The van der Waals surface area contributed by atoms with E-state index in [0.717, 1.165) is 49.5 Å².